The van der Waals surface area contributed by atoms with Crippen LogP contribution in [0.15, 0.2) is 59.1 Å². The van der Waals surface area contributed by atoms with Crippen molar-refractivity contribution in [2.75, 3.05) is 20.2 Å². The molecule has 1 saturated heterocycles. The number of hydrogen-bond donors (Lipinski definition) is 1. The number of methoxy groups -OCH3 is 1. The molecule has 1 N–H and O–H groups in total. The van der Waals surface area contributed by atoms with Gasteiger partial charge in [-0.25, -0.2) is 4.98 Å². The Labute approximate surface area is 187 Å². The Morgan fingerprint density at radius 1 is 1.19 bits per heavy atom. The number of likely N-dealkylation sites (tertiary alicyclic amines) is 1. The van der Waals surface area contributed by atoms with Crippen molar-refractivity contribution in [3.05, 3.63) is 71.7 Å². The zero-order valence-electron chi connectivity index (χ0n) is 18.4. The van der Waals surface area contributed by atoms with Gasteiger partial charge in [-0.3, -0.25) is 4.79 Å². The smallest absolute Gasteiger partial charge is 0.228 e. The van der Waals surface area contributed by atoms with E-state index in [0.717, 1.165) is 48.5 Å². The predicted octanol–water partition coefficient (Wildman–Crippen LogP) is 5.09. The van der Waals surface area contributed by atoms with Gasteiger partial charge in [0.05, 0.1) is 19.2 Å². The minimum absolute atomic E-state index is 0.111. The number of nitrogens with zero attached hydrogens (tertiary/aromatic N) is 2. The van der Waals surface area contributed by atoms with Crippen LogP contribution in [0.3, 0.4) is 0 Å². The number of hydrogen-bond acceptors (Lipinski definition) is 4. The minimum atomic E-state index is 0.111. The topological polar surface area (TPSA) is 71.4 Å². The number of nitrogens with one attached hydrogen (secondary N) is 1. The molecule has 1 fully saturated rings. The van der Waals surface area contributed by atoms with Crippen LogP contribution < -0.4 is 4.74 Å². The van der Waals surface area contributed by atoms with Gasteiger partial charge in [0.2, 0.25) is 11.8 Å². The lowest BCUT2D eigenvalue weighted by Gasteiger charge is -2.32. The number of oxazole rings is 1. The van der Waals surface area contributed by atoms with Gasteiger partial charge in [0, 0.05) is 35.8 Å². The number of carbonyl (C=O) groups excluding carboxylic acids is 1. The third-order valence-corrected chi connectivity index (χ3v) is 6.44. The normalized spacial score (nSPS) is 14.8. The lowest BCUT2D eigenvalue weighted by atomic mass is 9.89. The van der Waals surface area contributed by atoms with Crippen molar-refractivity contribution in [2.45, 2.75) is 32.1 Å². The van der Waals surface area contributed by atoms with Crippen LogP contribution >= 0.6 is 0 Å². The summed E-state index contributed by atoms with van der Waals surface area (Å²) in [5.41, 5.74) is 4.08. The molecule has 0 aliphatic carbocycles. The molecule has 0 atom stereocenters. The van der Waals surface area contributed by atoms with Crippen molar-refractivity contribution >= 4 is 16.8 Å². The number of benzene rings is 2. The van der Waals surface area contributed by atoms with Crippen molar-refractivity contribution in [3.8, 4) is 17.2 Å². The second kappa shape index (κ2) is 8.54. The van der Waals surface area contributed by atoms with E-state index >= 15 is 0 Å². The standard InChI is InChI=1S/C26H27N3O3/c1-17-24(28-26(32-17)19-6-4-3-5-7-19)15-25(30)29-12-10-18(11-13-29)22-16-27-23-9-8-20(31-2)14-21(22)23/h3-9,14,16,18,27H,10-13,15H2,1-2H3. The molecular formula is C26H27N3O3. The van der Waals surface area contributed by atoms with Crippen LogP contribution in [0.5, 0.6) is 5.75 Å². The number of aromatic nitrogens is 2. The Bertz CT molecular complexity index is 1230. The van der Waals surface area contributed by atoms with Gasteiger partial charge in [-0.2, -0.15) is 0 Å². The van der Waals surface area contributed by atoms with Crippen LogP contribution in [-0.4, -0.2) is 41.0 Å². The van der Waals surface area contributed by atoms with Crippen LogP contribution in [0.4, 0.5) is 0 Å². The molecule has 1 amide bonds. The highest BCUT2D eigenvalue weighted by atomic mass is 16.5. The van der Waals surface area contributed by atoms with Gasteiger partial charge >= 0.3 is 0 Å². The number of H-pyrrole nitrogens is 1. The maximum atomic E-state index is 13.0. The van der Waals surface area contributed by atoms with Gasteiger partial charge < -0.3 is 19.0 Å². The van der Waals surface area contributed by atoms with Gasteiger partial charge in [-0.15, -0.1) is 0 Å². The van der Waals surface area contributed by atoms with E-state index in [4.69, 9.17) is 9.15 Å². The van der Waals surface area contributed by atoms with E-state index in [1.54, 1.807) is 7.11 Å². The van der Waals surface area contributed by atoms with Crippen LogP contribution in [0.1, 0.15) is 35.8 Å². The number of ether oxygens (including phenoxy) is 1. The van der Waals surface area contributed by atoms with Crippen molar-refractivity contribution in [1.29, 1.82) is 0 Å². The van der Waals surface area contributed by atoms with E-state index < -0.39 is 0 Å². The molecule has 0 radical (unpaired) electrons. The number of amides is 1. The lowest BCUT2D eigenvalue weighted by molar-refractivity contribution is -0.131. The van der Waals surface area contributed by atoms with E-state index in [-0.39, 0.29) is 12.3 Å². The maximum Gasteiger partial charge on any atom is 0.228 e. The Hall–Kier alpha value is -3.54. The third-order valence-electron chi connectivity index (χ3n) is 6.44. The summed E-state index contributed by atoms with van der Waals surface area (Å²) >= 11 is 0. The van der Waals surface area contributed by atoms with Crippen molar-refractivity contribution < 1.29 is 13.9 Å². The van der Waals surface area contributed by atoms with Gasteiger partial charge in [-0.05, 0) is 61.6 Å². The third kappa shape index (κ3) is 3.88. The molecule has 6 nitrogen and oxygen atoms in total. The van der Waals surface area contributed by atoms with Gasteiger partial charge in [0.15, 0.2) is 0 Å². The Morgan fingerprint density at radius 2 is 1.97 bits per heavy atom. The molecule has 32 heavy (non-hydrogen) atoms. The van der Waals surface area contributed by atoms with E-state index in [2.05, 4.69) is 28.3 Å². The summed E-state index contributed by atoms with van der Waals surface area (Å²) in [6.07, 6.45) is 4.28. The van der Waals surface area contributed by atoms with Crippen LogP contribution in [-0.2, 0) is 11.2 Å². The molecule has 0 bridgehead atoms. The summed E-state index contributed by atoms with van der Waals surface area (Å²) in [5.74, 6) is 2.68. The van der Waals surface area contributed by atoms with Crippen LogP contribution in [0.2, 0.25) is 0 Å². The first-order chi connectivity index (χ1) is 15.6. The first kappa shape index (κ1) is 20.4. The summed E-state index contributed by atoms with van der Waals surface area (Å²) < 4.78 is 11.2. The second-order valence-corrected chi connectivity index (χ2v) is 8.38. The summed E-state index contributed by atoms with van der Waals surface area (Å²) in [6.45, 7) is 3.38. The first-order valence-electron chi connectivity index (χ1n) is 11.1. The van der Waals surface area contributed by atoms with E-state index in [1.807, 2.05) is 48.2 Å². The molecule has 4 aromatic rings. The van der Waals surface area contributed by atoms with Crippen molar-refractivity contribution in [3.63, 3.8) is 0 Å². The number of aromatic amines is 1. The highest BCUT2D eigenvalue weighted by molar-refractivity contribution is 5.85. The fraction of sp³-hybridized carbons (Fsp3) is 0.308. The summed E-state index contributed by atoms with van der Waals surface area (Å²) in [6, 6.07) is 15.9. The molecule has 2 aromatic heterocycles. The first-order valence-corrected chi connectivity index (χ1v) is 11.1. The van der Waals surface area contributed by atoms with E-state index in [1.165, 1.54) is 10.9 Å². The average Bonchev–Trinajstić information content (AvgIpc) is 3.42. The summed E-state index contributed by atoms with van der Waals surface area (Å²) in [5, 5.41) is 1.21. The Kier molecular flexibility index (Phi) is 5.43. The van der Waals surface area contributed by atoms with Crippen molar-refractivity contribution in [2.24, 2.45) is 0 Å². The number of carbonyl (C=O) groups is 1. The van der Waals surface area contributed by atoms with Gasteiger partial charge in [0.25, 0.3) is 0 Å². The lowest BCUT2D eigenvalue weighted by Crippen LogP contribution is -2.38. The largest absolute Gasteiger partial charge is 0.497 e. The zero-order chi connectivity index (χ0) is 22.1. The number of piperidine rings is 1. The fourth-order valence-corrected chi connectivity index (χ4v) is 4.58. The molecule has 0 spiro atoms. The molecule has 5 rings (SSSR count). The number of rotatable bonds is 5. The molecule has 0 unspecified atom stereocenters. The highest BCUT2D eigenvalue weighted by Crippen LogP contribution is 2.35. The molecule has 3 heterocycles. The summed E-state index contributed by atoms with van der Waals surface area (Å²) in [7, 11) is 1.69. The molecule has 2 aromatic carbocycles. The molecule has 1 aliphatic rings. The molecular weight excluding hydrogens is 402 g/mol. The fourth-order valence-electron chi connectivity index (χ4n) is 4.58. The highest BCUT2D eigenvalue weighted by Gasteiger charge is 2.26. The predicted molar refractivity (Wildman–Crippen MR) is 124 cm³/mol. The second-order valence-electron chi connectivity index (χ2n) is 8.38. The number of aryl methyl sites for hydroxylation is 1. The van der Waals surface area contributed by atoms with Crippen LogP contribution in [0, 0.1) is 6.92 Å². The average molecular weight is 430 g/mol. The minimum Gasteiger partial charge on any atom is -0.497 e. The number of fused-ring (bicyclic) bond motifs is 1. The van der Waals surface area contributed by atoms with Gasteiger partial charge in [-0.1, -0.05) is 18.2 Å². The van der Waals surface area contributed by atoms with Crippen molar-refractivity contribution in [1.82, 2.24) is 14.9 Å². The monoisotopic (exact) mass is 429 g/mol. The molecule has 6 heteroatoms. The van der Waals surface area contributed by atoms with E-state index in [9.17, 15) is 4.79 Å². The quantitative estimate of drug-likeness (QED) is 0.480. The SMILES string of the molecule is COc1ccc2[nH]cc(C3CCN(C(=O)Cc4nc(-c5ccccc5)oc4C)CC3)c2c1. The Balaban J connectivity index is 1.24. The van der Waals surface area contributed by atoms with Gasteiger partial charge in [0.1, 0.15) is 11.5 Å². The summed E-state index contributed by atoms with van der Waals surface area (Å²) in [4.78, 5) is 22.9. The van der Waals surface area contributed by atoms with E-state index in [0.29, 0.717) is 17.6 Å². The molecule has 1 aliphatic heterocycles. The Morgan fingerprint density at radius 3 is 2.72 bits per heavy atom. The molecule has 0 saturated carbocycles. The maximum absolute atomic E-state index is 13.0. The zero-order valence-corrected chi connectivity index (χ0v) is 18.4. The molecule has 164 valence electrons. The van der Waals surface area contributed by atoms with Crippen LogP contribution in [0.25, 0.3) is 22.4 Å².